The van der Waals surface area contributed by atoms with E-state index in [0.717, 1.165) is 62.1 Å². The summed E-state index contributed by atoms with van der Waals surface area (Å²) < 4.78 is 37.0. The zero-order chi connectivity index (χ0) is 29.1. The first-order valence-corrected chi connectivity index (χ1v) is 17.2. The van der Waals surface area contributed by atoms with Crippen molar-refractivity contribution in [1.29, 1.82) is 0 Å². The topological polar surface area (TPSA) is 70.1 Å². The zero-order valence-corrected chi connectivity index (χ0v) is 25.5. The molecular formula is C35H42N2O4S. The average Bonchev–Trinajstić information content (AvgIpc) is 3.31. The molecule has 2 bridgehead atoms. The highest BCUT2D eigenvalue weighted by Gasteiger charge is 2.66. The number of hydrogen-bond acceptors (Lipinski definition) is 5. The normalized spacial score (nSPS) is 28.1. The largest absolute Gasteiger partial charge is 0.508 e. The van der Waals surface area contributed by atoms with Crippen LogP contribution in [0.2, 0.25) is 0 Å². The number of benzene rings is 3. The molecule has 42 heavy (non-hydrogen) atoms. The molecule has 1 N–H and O–H groups in total. The molecule has 3 aromatic rings. The molecule has 7 rings (SSSR count). The number of nitrogens with zero attached hydrogens (tertiary/aromatic N) is 2. The van der Waals surface area contributed by atoms with Crippen LogP contribution >= 0.6 is 0 Å². The van der Waals surface area contributed by atoms with Crippen molar-refractivity contribution in [3.63, 3.8) is 0 Å². The second-order valence-electron chi connectivity index (χ2n) is 13.3. The molecular weight excluding hydrogens is 544 g/mol. The Hall–Kier alpha value is -2.87. The minimum absolute atomic E-state index is 0.00488. The monoisotopic (exact) mass is 586 g/mol. The fourth-order valence-electron chi connectivity index (χ4n) is 8.78. The Morgan fingerprint density at radius 3 is 2.43 bits per heavy atom. The highest BCUT2D eigenvalue weighted by molar-refractivity contribution is 7.88. The van der Waals surface area contributed by atoms with Gasteiger partial charge in [0.15, 0.2) is 0 Å². The van der Waals surface area contributed by atoms with Crippen LogP contribution in [-0.2, 0) is 34.0 Å². The van der Waals surface area contributed by atoms with E-state index in [1.165, 1.54) is 11.1 Å². The van der Waals surface area contributed by atoms with Gasteiger partial charge in [-0.3, -0.25) is 4.90 Å². The summed E-state index contributed by atoms with van der Waals surface area (Å²) in [4.78, 5) is 2.64. The maximum Gasteiger partial charge on any atom is 0.218 e. The molecule has 2 aliphatic carbocycles. The van der Waals surface area contributed by atoms with Crippen molar-refractivity contribution < 1.29 is 18.3 Å². The van der Waals surface area contributed by atoms with Gasteiger partial charge in [0.25, 0.3) is 0 Å². The Morgan fingerprint density at radius 2 is 1.71 bits per heavy atom. The summed E-state index contributed by atoms with van der Waals surface area (Å²) in [5, 5.41) is 11.1. The van der Waals surface area contributed by atoms with Gasteiger partial charge in [0.2, 0.25) is 10.0 Å². The van der Waals surface area contributed by atoms with Crippen LogP contribution in [0.3, 0.4) is 0 Å². The maximum atomic E-state index is 14.2. The van der Waals surface area contributed by atoms with Crippen LogP contribution in [0, 0.1) is 11.8 Å². The van der Waals surface area contributed by atoms with Crippen molar-refractivity contribution in [2.45, 2.75) is 75.3 Å². The number of phenols is 1. The van der Waals surface area contributed by atoms with Gasteiger partial charge < -0.3 is 9.84 Å². The van der Waals surface area contributed by atoms with Crippen molar-refractivity contribution >= 4 is 10.0 Å². The van der Waals surface area contributed by atoms with E-state index in [-0.39, 0.29) is 29.2 Å². The maximum absolute atomic E-state index is 14.2. The molecule has 3 aromatic carbocycles. The molecule has 1 saturated carbocycles. The van der Waals surface area contributed by atoms with Gasteiger partial charge in [-0.05, 0) is 73.7 Å². The van der Waals surface area contributed by atoms with Gasteiger partial charge in [-0.2, -0.15) is 4.31 Å². The van der Waals surface area contributed by atoms with Gasteiger partial charge in [0, 0.05) is 35.7 Å². The predicted octanol–water partition coefficient (Wildman–Crippen LogP) is 5.53. The van der Waals surface area contributed by atoms with Crippen LogP contribution < -0.4 is 4.74 Å². The minimum atomic E-state index is -3.60. The lowest BCUT2D eigenvalue weighted by Crippen LogP contribution is -2.69. The SMILES string of the molecule is CC(C)CN([C@H]1CC[C@H]2[C@H]3Cc4c(O)ccc5c4[C@@]2(CCN3CCc2ccccc2)[C@H]1O5)S(=O)(=O)Cc1ccccc1. The predicted molar refractivity (Wildman–Crippen MR) is 165 cm³/mol. The Bertz CT molecular complexity index is 1540. The third kappa shape index (κ3) is 4.56. The molecule has 5 atom stereocenters. The number of hydrogen-bond donors (Lipinski definition) is 1. The number of aromatic hydroxyl groups is 1. The molecule has 0 amide bonds. The first-order chi connectivity index (χ1) is 20.3. The van der Waals surface area contributed by atoms with Crippen LogP contribution in [0.1, 0.15) is 55.4 Å². The Kier molecular flexibility index (Phi) is 7.11. The Morgan fingerprint density at radius 1 is 1.00 bits per heavy atom. The number of piperidine rings is 1. The number of rotatable bonds is 9. The molecule has 0 unspecified atom stereocenters. The number of phenolic OH excluding ortho intramolecular Hbond substituents is 1. The summed E-state index contributed by atoms with van der Waals surface area (Å²) in [6.07, 6.45) is 4.23. The van der Waals surface area contributed by atoms with E-state index < -0.39 is 10.0 Å². The average molecular weight is 587 g/mol. The zero-order valence-electron chi connectivity index (χ0n) is 24.7. The summed E-state index contributed by atoms with van der Waals surface area (Å²) >= 11 is 0. The number of ether oxygens (including phenoxy) is 1. The quantitative estimate of drug-likeness (QED) is 0.357. The third-order valence-electron chi connectivity index (χ3n) is 10.4. The molecule has 0 aromatic heterocycles. The lowest BCUT2D eigenvalue weighted by Gasteiger charge is -2.60. The molecule has 6 nitrogen and oxygen atoms in total. The second kappa shape index (κ2) is 10.7. The van der Waals surface area contributed by atoms with Gasteiger partial charge in [-0.25, -0.2) is 8.42 Å². The van der Waals surface area contributed by atoms with Crippen LogP contribution in [0.4, 0.5) is 0 Å². The van der Waals surface area contributed by atoms with E-state index >= 15 is 0 Å². The van der Waals surface area contributed by atoms with Crippen molar-refractivity contribution in [3.05, 3.63) is 95.1 Å². The minimum Gasteiger partial charge on any atom is -0.508 e. The first-order valence-electron chi connectivity index (χ1n) is 15.6. The summed E-state index contributed by atoms with van der Waals surface area (Å²) in [7, 11) is -3.60. The summed E-state index contributed by atoms with van der Waals surface area (Å²) in [5.41, 5.74) is 4.06. The highest BCUT2D eigenvalue weighted by Crippen LogP contribution is 2.64. The van der Waals surface area contributed by atoms with Gasteiger partial charge in [-0.15, -0.1) is 0 Å². The van der Waals surface area contributed by atoms with Gasteiger partial charge in [-0.1, -0.05) is 74.5 Å². The molecule has 1 spiro atoms. The van der Waals surface area contributed by atoms with E-state index in [9.17, 15) is 13.5 Å². The van der Waals surface area contributed by atoms with Crippen molar-refractivity contribution in [2.75, 3.05) is 19.6 Å². The third-order valence-corrected chi connectivity index (χ3v) is 12.2. The van der Waals surface area contributed by atoms with Crippen molar-refractivity contribution in [2.24, 2.45) is 11.8 Å². The molecule has 2 heterocycles. The van der Waals surface area contributed by atoms with E-state index in [4.69, 9.17) is 4.74 Å². The molecule has 1 saturated heterocycles. The van der Waals surface area contributed by atoms with Crippen molar-refractivity contribution in [1.82, 2.24) is 9.21 Å². The van der Waals surface area contributed by atoms with E-state index in [1.807, 2.05) is 36.4 Å². The summed E-state index contributed by atoms with van der Waals surface area (Å²) in [6, 6.07) is 24.0. The van der Waals surface area contributed by atoms with E-state index in [0.29, 0.717) is 24.3 Å². The molecule has 0 radical (unpaired) electrons. The second-order valence-corrected chi connectivity index (χ2v) is 15.2. The highest BCUT2D eigenvalue weighted by atomic mass is 32.2. The van der Waals surface area contributed by atoms with E-state index in [2.05, 4.69) is 49.1 Å². The van der Waals surface area contributed by atoms with Crippen molar-refractivity contribution in [3.8, 4) is 11.5 Å². The first kappa shape index (κ1) is 27.9. The lowest BCUT2D eigenvalue weighted by molar-refractivity contribution is -0.0771. The fraction of sp³-hybridized carbons (Fsp3) is 0.486. The van der Waals surface area contributed by atoms with Crippen LogP contribution in [0.5, 0.6) is 11.5 Å². The van der Waals surface area contributed by atoms with Crippen LogP contribution in [0.25, 0.3) is 0 Å². The molecule has 4 aliphatic rings. The lowest BCUT2D eigenvalue weighted by atomic mass is 9.51. The van der Waals surface area contributed by atoms with E-state index in [1.54, 1.807) is 10.4 Å². The van der Waals surface area contributed by atoms with Gasteiger partial charge in [0.1, 0.15) is 17.6 Å². The molecule has 2 aliphatic heterocycles. The smallest absolute Gasteiger partial charge is 0.218 e. The molecule has 7 heteroatoms. The van der Waals surface area contributed by atoms with Gasteiger partial charge >= 0.3 is 0 Å². The Labute approximate surface area is 250 Å². The standard InChI is InChI=1S/C35H42N2O4S/c1-24(2)22-37(42(39,40)23-26-11-7-4-8-12-26)29-14-13-28-30-21-27-31(38)15-16-32-33(27)35(28,34(29)41-32)18-20-36(30)19-17-25-9-5-3-6-10-25/h3-12,15-16,24,28-30,34,38H,13-14,17-23H2,1-2H3/t28-,29-,30+,34-,35-/m0/s1. The van der Waals surface area contributed by atoms with Crippen LogP contribution in [-0.4, -0.2) is 60.6 Å². The fourth-order valence-corrected chi connectivity index (χ4v) is 10.7. The van der Waals surface area contributed by atoms with Gasteiger partial charge in [0.05, 0.1) is 11.8 Å². The molecule has 2 fully saturated rings. The molecule has 222 valence electrons. The summed E-state index contributed by atoms with van der Waals surface area (Å²) in [6.45, 7) is 6.60. The number of likely N-dealkylation sites (tertiary alicyclic amines) is 1. The Balaban J connectivity index is 1.25. The number of sulfonamides is 1. The van der Waals surface area contributed by atoms with Crippen LogP contribution in [0.15, 0.2) is 72.8 Å². The summed E-state index contributed by atoms with van der Waals surface area (Å²) in [5.74, 6) is 1.76.